The van der Waals surface area contributed by atoms with Crippen LogP contribution in [0.3, 0.4) is 0 Å². The van der Waals surface area contributed by atoms with Gasteiger partial charge >= 0.3 is 0 Å². The Labute approximate surface area is 126 Å². The van der Waals surface area contributed by atoms with Crippen molar-refractivity contribution in [3.8, 4) is 0 Å². The van der Waals surface area contributed by atoms with Crippen molar-refractivity contribution in [2.45, 2.75) is 52.4 Å². The highest BCUT2D eigenvalue weighted by Crippen LogP contribution is 2.66. The average molecular weight is 288 g/mol. The molecule has 1 aromatic carbocycles. The molecule has 0 heterocycles. The van der Waals surface area contributed by atoms with Gasteiger partial charge < -0.3 is 9.47 Å². The zero-order chi connectivity index (χ0) is 15.1. The monoisotopic (exact) mass is 288 g/mol. The molecule has 114 valence electrons. The molecule has 0 aliphatic heterocycles. The zero-order valence-corrected chi connectivity index (χ0v) is 13.0. The second-order valence-corrected chi connectivity index (χ2v) is 7.20. The molecular formula is C18H24O3. The normalized spacial score (nSPS) is 36.6. The predicted octanol–water partition coefficient (Wildman–Crippen LogP) is 3.57. The van der Waals surface area contributed by atoms with E-state index in [9.17, 15) is 4.79 Å². The first-order chi connectivity index (χ1) is 10.0. The summed E-state index contributed by atoms with van der Waals surface area (Å²) >= 11 is 0. The second kappa shape index (κ2) is 5.13. The van der Waals surface area contributed by atoms with Gasteiger partial charge in [0.25, 0.3) is 6.47 Å². The Morgan fingerprint density at radius 1 is 1.24 bits per heavy atom. The fourth-order valence-electron chi connectivity index (χ4n) is 4.49. The summed E-state index contributed by atoms with van der Waals surface area (Å²) in [5, 5.41) is 0. The van der Waals surface area contributed by atoms with Gasteiger partial charge in [0.2, 0.25) is 0 Å². The molecule has 3 nitrogen and oxygen atoms in total. The number of ether oxygens (including phenoxy) is 2. The maximum atomic E-state index is 10.9. The lowest BCUT2D eigenvalue weighted by atomic mass is 9.70. The molecule has 0 spiro atoms. The number of hydrogen-bond donors (Lipinski definition) is 0. The quantitative estimate of drug-likeness (QED) is 0.777. The topological polar surface area (TPSA) is 35.5 Å². The van der Waals surface area contributed by atoms with Gasteiger partial charge in [0.05, 0.1) is 6.61 Å². The highest BCUT2D eigenvalue weighted by atomic mass is 16.6. The van der Waals surface area contributed by atoms with Crippen LogP contribution in [-0.4, -0.2) is 18.7 Å². The van der Waals surface area contributed by atoms with E-state index in [1.807, 2.05) is 18.2 Å². The Kier molecular flexibility index (Phi) is 3.56. The van der Waals surface area contributed by atoms with Crippen molar-refractivity contribution < 1.29 is 14.3 Å². The van der Waals surface area contributed by atoms with Crippen LogP contribution >= 0.6 is 0 Å². The Balaban J connectivity index is 1.80. The first kappa shape index (κ1) is 14.6. The second-order valence-electron chi connectivity index (χ2n) is 7.20. The van der Waals surface area contributed by atoms with Gasteiger partial charge in [-0.05, 0) is 23.8 Å². The molecule has 2 aliphatic carbocycles. The number of benzene rings is 1. The third-order valence-corrected chi connectivity index (χ3v) is 6.18. The van der Waals surface area contributed by atoms with Crippen LogP contribution in [-0.2, 0) is 20.9 Å². The van der Waals surface area contributed by atoms with Gasteiger partial charge in [0, 0.05) is 11.3 Å². The number of carbonyl (C=O) groups excluding carboxylic acids is 1. The van der Waals surface area contributed by atoms with E-state index in [-0.39, 0.29) is 23.0 Å². The van der Waals surface area contributed by atoms with E-state index in [0.717, 1.165) is 18.4 Å². The first-order valence-electron chi connectivity index (χ1n) is 7.75. The minimum Gasteiger partial charge on any atom is -0.461 e. The van der Waals surface area contributed by atoms with Crippen LogP contribution in [0.2, 0.25) is 0 Å². The molecule has 3 rings (SSSR count). The molecule has 1 aromatic rings. The molecule has 2 saturated carbocycles. The molecule has 2 aliphatic rings. The fraction of sp³-hybridized carbons (Fsp3) is 0.611. The average Bonchev–Trinajstić information content (AvgIpc) is 2.78. The summed E-state index contributed by atoms with van der Waals surface area (Å²) in [7, 11) is 0. The molecule has 0 radical (unpaired) electrons. The van der Waals surface area contributed by atoms with Crippen LogP contribution in [0.4, 0.5) is 0 Å². The summed E-state index contributed by atoms with van der Waals surface area (Å²) in [6.45, 7) is 8.03. The molecule has 3 unspecified atom stereocenters. The van der Waals surface area contributed by atoms with Gasteiger partial charge in [-0.1, -0.05) is 51.1 Å². The van der Waals surface area contributed by atoms with Crippen molar-refractivity contribution in [3.63, 3.8) is 0 Å². The Hall–Kier alpha value is -1.35. The number of carbonyl (C=O) groups is 1. The number of hydrogen-bond acceptors (Lipinski definition) is 3. The van der Waals surface area contributed by atoms with Crippen LogP contribution in [0.15, 0.2) is 30.3 Å². The lowest BCUT2D eigenvalue weighted by molar-refractivity contribution is -0.153. The third-order valence-electron chi connectivity index (χ3n) is 6.18. The van der Waals surface area contributed by atoms with E-state index in [4.69, 9.17) is 9.47 Å². The van der Waals surface area contributed by atoms with E-state index < -0.39 is 0 Å². The summed E-state index contributed by atoms with van der Waals surface area (Å²) < 4.78 is 11.7. The van der Waals surface area contributed by atoms with E-state index in [2.05, 4.69) is 32.9 Å². The van der Waals surface area contributed by atoms with Crippen LogP contribution in [0.25, 0.3) is 0 Å². The van der Waals surface area contributed by atoms with E-state index in [0.29, 0.717) is 19.0 Å². The predicted molar refractivity (Wildman–Crippen MR) is 80.6 cm³/mol. The van der Waals surface area contributed by atoms with Crippen LogP contribution < -0.4 is 0 Å². The minimum absolute atomic E-state index is 0.0170. The lowest BCUT2D eigenvalue weighted by Gasteiger charge is -2.39. The zero-order valence-electron chi connectivity index (χ0n) is 13.0. The highest BCUT2D eigenvalue weighted by molar-refractivity contribution is 5.38. The van der Waals surface area contributed by atoms with Crippen molar-refractivity contribution >= 4 is 6.47 Å². The van der Waals surface area contributed by atoms with Gasteiger partial charge in [-0.25, -0.2) is 0 Å². The summed E-state index contributed by atoms with van der Waals surface area (Å²) in [4.78, 5) is 10.9. The van der Waals surface area contributed by atoms with E-state index >= 15 is 0 Å². The smallest absolute Gasteiger partial charge is 0.293 e. The summed E-state index contributed by atoms with van der Waals surface area (Å²) in [6.07, 6.45) is 2.13. The molecule has 4 atom stereocenters. The van der Waals surface area contributed by atoms with Gasteiger partial charge in [0.1, 0.15) is 12.2 Å². The van der Waals surface area contributed by atoms with Gasteiger partial charge in [0.15, 0.2) is 0 Å². The maximum Gasteiger partial charge on any atom is 0.293 e. The minimum atomic E-state index is -0.111. The molecule has 3 heteroatoms. The Morgan fingerprint density at radius 2 is 1.95 bits per heavy atom. The molecule has 0 N–H and O–H groups in total. The van der Waals surface area contributed by atoms with Crippen molar-refractivity contribution in [1.82, 2.24) is 0 Å². The molecular weight excluding hydrogens is 264 g/mol. The summed E-state index contributed by atoms with van der Waals surface area (Å²) in [5.74, 6) is 0.397. The van der Waals surface area contributed by atoms with Crippen molar-refractivity contribution in [1.29, 1.82) is 0 Å². The SMILES string of the molecule is CC12CC[C@H](C(OC=O)C1OCc1ccccc1)C2(C)C. The summed E-state index contributed by atoms with van der Waals surface area (Å²) in [6, 6.07) is 10.2. The van der Waals surface area contributed by atoms with Crippen LogP contribution in [0.5, 0.6) is 0 Å². The highest BCUT2D eigenvalue weighted by Gasteiger charge is 2.67. The number of fused-ring (bicyclic) bond motifs is 2. The van der Waals surface area contributed by atoms with Gasteiger partial charge in [-0.2, -0.15) is 0 Å². The molecule has 2 fully saturated rings. The molecule has 21 heavy (non-hydrogen) atoms. The molecule has 0 aromatic heterocycles. The molecule has 0 amide bonds. The lowest BCUT2D eigenvalue weighted by Crippen LogP contribution is -2.42. The van der Waals surface area contributed by atoms with Crippen LogP contribution in [0, 0.1) is 16.7 Å². The number of rotatable bonds is 5. The van der Waals surface area contributed by atoms with E-state index in [1.54, 1.807) is 0 Å². The maximum absolute atomic E-state index is 10.9. The van der Waals surface area contributed by atoms with Crippen molar-refractivity contribution in [2.24, 2.45) is 16.7 Å². The molecule has 0 saturated heterocycles. The Bertz CT molecular complexity index is 510. The van der Waals surface area contributed by atoms with Crippen molar-refractivity contribution in [3.05, 3.63) is 35.9 Å². The largest absolute Gasteiger partial charge is 0.461 e. The van der Waals surface area contributed by atoms with Gasteiger partial charge in [-0.15, -0.1) is 0 Å². The standard InChI is InChI=1S/C18H24O3/c1-17(2)14-9-10-18(17,3)16(15(14)21-12-19)20-11-13-7-5-4-6-8-13/h4-8,12,14-16H,9-11H2,1-3H3/t14-,15?,16?,18?/m1/s1. The third kappa shape index (κ3) is 2.10. The first-order valence-corrected chi connectivity index (χ1v) is 7.75. The fourth-order valence-corrected chi connectivity index (χ4v) is 4.49. The Morgan fingerprint density at radius 3 is 2.62 bits per heavy atom. The van der Waals surface area contributed by atoms with Crippen molar-refractivity contribution in [2.75, 3.05) is 0 Å². The van der Waals surface area contributed by atoms with Gasteiger partial charge in [-0.3, -0.25) is 4.79 Å². The summed E-state index contributed by atoms with van der Waals surface area (Å²) in [5.41, 5.74) is 1.37. The van der Waals surface area contributed by atoms with E-state index in [1.165, 1.54) is 0 Å². The molecule has 2 bridgehead atoms. The van der Waals surface area contributed by atoms with Crippen LogP contribution in [0.1, 0.15) is 39.2 Å².